The molecule has 2 N–H and O–H groups in total. The van der Waals surface area contributed by atoms with Gasteiger partial charge >= 0.3 is 0 Å². The molecule has 6 heteroatoms. The lowest BCUT2D eigenvalue weighted by Crippen LogP contribution is -2.36. The Morgan fingerprint density at radius 2 is 2.17 bits per heavy atom. The van der Waals surface area contributed by atoms with Gasteiger partial charge in [0.25, 0.3) is 5.69 Å². The zero-order valence-corrected chi connectivity index (χ0v) is 10.4. The molecule has 0 fully saturated rings. The number of rotatable bonds is 6. The first-order valence-corrected chi connectivity index (χ1v) is 5.73. The van der Waals surface area contributed by atoms with E-state index in [-0.39, 0.29) is 36.4 Å². The van der Waals surface area contributed by atoms with E-state index in [1.807, 2.05) is 13.8 Å². The van der Waals surface area contributed by atoms with Gasteiger partial charge in [0.2, 0.25) is 0 Å². The van der Waals surface area contributed by atoms with Gasteiger partial charge in [0, 0.05) is 18.7 Å². The van der Waals surface area contributed by atoms with Crippen LogP contribution in [0.4, 0.5) is 10.1 Å². The minimum atomic E-state index is -0.614. The Bertz CT molecular complexity index is 424. The maximum Gasteiger partial charge on any atom is 0.276 e. The van der Waals surface area contributed by atoms with Crippen LogP contribution in [0.2, 0.25) is 0 Å². The second-order valence-corrected chi connectivity index (χ2v) is 4.41. The first-order valence-electron chi connectivity index (χ1n) is 5.73. The van der Waals surface area contributed by atoms with Crippen molar-refractivity contribution in [2.75, 3.05) is 6.61 Å². The average Bonchev–Trinajstić information content (AvgIpc) is 2.30. The second kappa shape index (κ2) is 6.42. The lowest BCUT2D eigenvalue weighted by molar-refractivity contribution is -0.385. The summed E-state index contributed by atoms with van der Waals surface area (Å²) in [4.78, 5) is 10.2. The Hall–Kier alpha value is -1.53. The molecule has 0 bridgehead atoms. The molecule has 100 valence electrons. The molecule has 0 spiro atoms. The number of halogens is 1. The van der Waals surface area contributed by atoms with Crippen molar-refractivity contribution in [3.8, 4) is 0 Å². The van der Waals surface area contributed by atoms with Crippen molar-refractivity contribution in [2.24, 2.45) is 5.92 Å². The van der Waals surface area contributed by atoms with E-state index in [4.69, 9.17) is 5.11 Å². The molecule has 0 saturated carbocycles. The van der Waals surface area contributed by atoms with Crippen LogP contribution in [0.1, 0.15) is 19.4 Å². The van der Waals surface area contributed by atoms with Crippen molar-refractivity contribution >= 4 is 5.69 Å². The molecule has 0 unspecified atom stereocenters. The third-order valence-electron chi connectivity index (χ3n) is 2.83. The van der Waals surface area contributed by atoms with Crippen LogP contribution in [0.15, 0.2) is 18.2 Å². The SMILES string of the molecule is CC(C)[C@@H](CO)NCc1c(F)cccc1[N+](=O)[O-]. The molecule has 1 atom stereocenters. The highest BCUT2D eigenvalue weighted by Gasteiger charge is 2.19. The first kappa shape index (κ1) is 14.5. The maximum atomic E-state index is 13.6. The smallest absolute Gasteiger partial charge is 0.276 e. The van der Waals surface area contributed by atoms with Gasteiger partial charge < -0.3 is 10.4 Å². The number of nitrogens with one attached hydrogen (secondary N) is 1. The number of nitro benzene ring substituents is 1. The molecule has 1 aromatic carbocycles. The van der Waals surface area contributed by atoms with E-state index in [0.29, 0.717) is 0 Å². The van der Waals surface area contributed by atoms with Crippen LogP contribution in [-0.4, -0.2) is 22.7 Å². The Balaban J connectivity index is 2.87. The van der Waals surface area contributed by atoms with E-state index >= 15 is 0 Å². The summed E-state index contributed by atoms with van der Waals surface area (Å²) in [6.45, 7) is 3.74. The Kier molecular flexibility index (Phi) is 5.18. The zero-order chi connectivity index (χ0) is 13.7. The largest absolute Gasteiger partial charge is 0.395 e. The number of benzene rings is 1. The van der Waals surface area contributed by atoms with E-state index in [0.717, 1.165) is 0 Å². The number of hydrogen-bond acceptors (Lipinski definition) is 4. The fourth-order valence-corrected chi connectivity index (χ4v) is 1.64. The summed E-state index contributed by atoms with van der Waals surface area (Å²) in [7, 11) is 0. The topological polar surface area (TPSA) is 75.4 Å². The van der Waals surface area contributed by atoms with Gasteiger partial charge in [0.15, 0.2) is 0 Å². The molecular formula is C12H17FN2O3. The van der Waals surface area contributed by atoms with Gasteiger partial charge in [-0.3, -0.25) is 10.1 Å². The van der Waals surface area contributed by atoms with Gasteiger partial charge in [-0.05, 0) is 12.0 Å². The van der Waals surface area contributed by atoms with Gasteiger partial charge in [-0.15, -0.1) is 0 Å². The van der Waals surface area contributed by atoms with Crippen LogP contribution in [0, 0.1) is 21.8 Å². The molecule has 0 saturated heterocycles. The van der Waals surface area contributed by atoms with Gasteiger partial charge in [0.1, 0.15) is 5.82 Å². The van der Waals surface area contributed by atoms with Gasteiger partial charge in [-0.2, -0.15) is 0 Å². The second-order valence-electron chi connectivity index (χ2n) is 4.41. The van der Waals surface area contributed by atoms with Crippen LogP contribution < -0.4 is 5.32 Å². The number of aliphatic hydroxyl groups is 1. The van der Waals surface area contributed by atoms with Gasteiger partial charge in [0.05, 0.1) is 17.1 Å². The number of aliphatic hydroxyl groups excluding tert-OH is 1. The van der Waals surface area contributed by atoms with Crippen molar-refractivity contribution in [1.82, 2.24) is 5.32 Å². The average molecular weight is 256 g/mol. The molecular weight excluding hydrogens is 239 g/mol. The molecule has 0 radical (unpaired) electrons. The third-order valence-corrected chi connectivity index (χ3v) is 2.83. The molecule has 0 amide bonds. The maximum absolute atomic E-state index is 13.6. The van der Waals surface area contributed by atoms with Crippen molar-refractivity contribution in [3.63, 3.8) is 0 Å². The van der Waals surface area contributed by atoms with E-state index < -0.39 is 10.7 Å². The predicted octanol–water partition coefficient (Wildman–Crippen LogP) is 1.84. The summed E-state index contributed by atoms with van der Waals surface area (Å²) in [6.07, 6.45) is 0. The Morgan fingerprint density at radius 1 is 1.50 bits per heavy atom. The monoisotopic (exact) mass is 256 g/mol. The van der Waals surface area contributed by atoms with Gasteiger partial charge in [-0.1, -0.05) is 19.9 Å². The summed E-state index contributed by atoms with van der Waals surface area (Å²) >= 11 is 0. The highest BCUT2D eigenvalue weighted by molar-refractivity contribution is 5.40. The van der Waals surface area contributed by atoms with Crippen molar-refractivity contribution in [2.45, 2.75) is 26.4 Å². The minimum Gasteiger partial charge on any atom is -0.395 e. The number of nitro groups is 1. The van der Waals surface area contributed by atoms with Crippen LogP contribution in [0.3, 0.4) is 0 Å². The summed E-state index contributed by atoms with van der Waals surface area (Å²) in [5.74, 6) is -0.460. The van der Waals surface area contributed by atoms with Gasteiger partial charge in [-0.25, -0.2) is 4.39 Å². The quantitative estimate of drug-likeness (QED) is 0.601. The van der Waals surface area contributed by atoms with Crippen LogP contribution in [-0.2, 0) is 6.54 Å². The molecule has 1 rings (SSSR count). The molecule has 0 aliphatic heterocycles. The van der Waals surface area contributed by atoms with Crippen LogP contribution >= 0.6 is 0 Å². The predicted molar refractivity (Wildman–Crippen MR) is 65.6 cm³/mol. The van der Waals surface area contributed by atoms with Crippen molar-refractivity contribution in [3.05, 3.63) is 39.7 Å². The fraction of sp³-hybridized carbons (Fsp3) is 0.500. The van der Waals surface area contributed by atoms with Crippen molar-refractivity contribution in [1.29, 1.82) is 0 Å². The van der Waals surface area contributed by atoms with E-state index in [9.17, 15) is 14.5 Å². The first-order chi connectivity index (χ1) is 8.47. The highest BCUT2D eigenvalue weighted by atomic mass is 19.1. The molecule has 0 aromatic heterocycles. The number of nitrogens with zero attached hydrogens (tertiary/aromatic N) is 1. The van der Waals surface area contributed by atoms with Crippen LogP contribution in [0.25, 0.3) is 0 Å². The van der Waals surface area contributed by atoms with E-state index in [2.05, 4.69) is 5.32 Å². The molecule has 1 aromatic rings. The minimum absolute atomic E-state index is 0.0154. The summed E-state index contributed by atoms with van der Waals surface area (Å²) < 4.78 is 13.6. The molecule has 18 heavy (non-hydrogen) atoms. The molecule has 0 heterocycles. The summed E-state index contributed by atoms with van der Waals surface area (Å²) in [5, 5.41) is 22.8. The zero-order valence-electron chi connectivity index (χ0n) is 10.4. The lowest BCUT2D eigenvalue weighted by atomic mass is 10.0. The third kappa shape index (κ3) is 3.48. The van der Waals surface area contributed by atoms with Crippen LogP contribution in [0.5, 0.6) is 0 Å². The molecule has 5 nitrogen and oxygen atoms in total. The molecule has 0 aliphatic carbocycles. The lowest BCUT2D eigenvalue weighted by Gasteiger charge is -2.20. The number of hydrogen-bond donors (Lipinski definition) is 2. The Morgan fingerprint density at radius 3 is 2.67 bits per heavy atom. The Labute approximate surface area is 105 Å². The standard InChI is InChI=1S/C12H17FN2O3/c1-8(2)11(7-16)14-6-9-10(13)4-3-5-12(9)15(17)18/h3-5,8,11,14,16H,6-7H2,1-2H3/t11-/m1/s1. The summed E-state index contributed by atoms with van der Waals surface area (Å²) in [5.41, 5.74) is -0.232. The summed E-state index contributed by atoms with van der Waals surface area (Å²) in [6, 6.07) is 3.55. The fourth-order valence-electron chi connectivity index (χ4n) is 1.64. The highest BCUT2D eigenvalue weighted by Crippen LogP contribution is 2.21. The van der Waals surface area contributed by atoms with Crippen molar-refractivity contribution < 1.29 is 14.4 Å². The van der Waals surface area contributed by atoms with E-state index in [1.165, 1.54) is 18.2 Å². The molecule has 0 aliphatic rings. The normalized spacial score (nSPS) is 12.7. The van der Waals surface area contributed by atoms with E-state index in [1.54, 1.807) is 0 Å².